The lowest BCUT2D eigenvalue weighted by molar-refractivity contribution is -0.133. The Bertz CT molecular complexity index is 1120. The normalized spacial score (nSPS) is 22.4. The van der Waals surface area contributed by atoms with Gasteiger partial charge in [0.05, 0.1) is 20.0 Å². The van der Waals surface area contributed by atoms with Gasteiger partial charge in [0.25, 0.3) is 11.8 Å². The number of aromatic nitrogens is 2. The smallest absolute Gasteiger partial charge is 0.274 e. The number of nitrogens with one attached hydrogen (secondary N) is 2. The first-order valence-corrected chi connectivity index (χ1v) is 12.0. The Kier molecular flexibility index (Phi) is 5.79. The van der Waals surface area contributed by atoms with Crippen LogP contribution < -0.4 is 15.4 Å². The van der Waals surface area contributed by atoms with Crippen LogP contribution in [0.3, 0.4) is 0 Å². The van der Waals surface area contributed by atoms with E-state index in [9.17, 15) is 14.4 Å². The second-order valence-corrected chi connectivity index (χ2v) is 9.70. The number of amides is 3. The minimum atomic E-state index is -1.09. The summed E-state index contributed by atoms with van der Waals surface area (Å²) in [6.07, 6.45) is 7.30. The number of nitrogens with zero attached hydrogens (tertiary/aromatic N) is 3. The number of methoxy groups -OCH3 is 1. The van der Waals surface area contributed by atoms with Gasteiger partial charge in [0.1, 0.15) is 17.0 Å². The Balaban J connectivity index is 1.39. The molecule has 3 aliphatic rings. The molecule has 0 unspecified atom stereocenters. The molecule has 2 N–H and O–H groups in total. The van der Waals surface area contributed by atoms with Crippen molar-refractivity contribution in [3.63, 3.8) is 0 Å². The van der Waals surface area contributed by atoms with Gasteiger partial charge < -0.3 is 24.8 Å². The Morgan fingerprint density at radius 2 is 1.91 bits per heavy atom. The molecule has 5 rings (SSSR count). The van der Waals surface area contributed by atoms with E-state index < -0.39 is 5.54 Å². The fourth-order valence-corrected chi connectivity index (χ4v) is 5.26. The summed E-state index contributed by atoms with van der Waals surface area (Å²) in [6, 6.07) is 7.64. The predicted molar refractivity (Wildman–Crippen MR) is 124 cm³/mol. The summed E-state index contributed by atoms with van der Waals surface area (Å²) in [7, 11) is 1.59. The van der Waals surface area contributed by atoms with Gasteiger partial charge in [-0.15, -0.1) is 0 Å². The maximum Gasteiger partial charge on any atom is 0.274 e. The quantitative estimate of drug-likeness (QED) is 0.653. The maximum absolute atomic E-state index is 13.7. The Labute approximate surface area is 198 Å². The molecular formula is C25H31N5O4. The third-order valence-corrected chi connectivity index (χ3v) is 7.21. The second-order valence-electron chi connectivity index (χ2n) is 9.70. The van der Waals surface area contributed by atoms with E-state index in [1.54, 1.807) is 23.5 Å². The molecule has 2 heterocycles. The average Bonchev–Trinajstić information content (AvgIpc) is 3.34. The maximum atomic E-state index is 13.7. The van der Waals surface area contributed by atoms with E-state index in [1.807, 2.05) is 24.3 Å². The first-order chi connectivity index (χ1) is 16.4. The van der Waals surface area contributed by atoms with Crippen molar-refractivity contribution >= 4 is 17.7 Å². The van der Waals surface area contributed by atoms with Crippen LogP contribution in [-0.4, -0.2) is 56.9 Å². The Hall–Kier alpha value is -3.36. The fraction of sp³-hybridized carbons (Fsp3) is 0.520. The number of carbonyl (C=O) groups is 3. The zero-order chi connectivity index (χ0) is 23.9. The van der Waals surface area contributed by atoms with Gasteiger partial charge in [0.15, 0.2) is 5.69 Å². The molecule has 2 saturated carbocycles. The van der Waals surface area contributed by atoms with Crippen LogP contribution in [0.5, 0.6) is 5.75 Å². The van der Waals surface area contributed by atoms with E-state index in [2.05, 4.69) is 15.6 Å². The van der Waals surface area contributed by atoms with Gasteiger partial charge >= 0.3 is 0 Å². The molecule has 180 valence electrons. The molecule has 2 fully saturated rings. The van der Waals surface area contributed by atoms with Crippen molar-refractivity contribution in [1.82, 2.24) is 25.1 Å². The molecule has 0 bridgehead atoms. The molecule has 1 aliphatic heterocycles. The van der Waals surface area contributed by atoms with Crippen LogP contribution in [0.25, 0.3) is 0 Å². The summed E-state index contributed by atoms with van der Waals surface area (Å²) in [5.74, 6) is -0.164. The topological polar surface area (TPSA) is 106 Å². The van der Waals surface area contributed by atoms with Crippen molar-refractivity contribution in [2.45, 2.75) is 76.2 Å². The first-order valence-electron chi connectivity index (χ1n) is 12.0. The lowest BCUT2D eigenvalue weighted by atomic mass is 9.93. The number of ether oxygens (including phenoxy) is 1. The van der Waals surface area contributed by atoms with Crippen LogP contribution >= 0.6 is 0 Å². The van der Waals surface area contributed by atoms with E-state index >= 15 is 0 Å². The summed E-state index contributed by atoms with van der Waals surface area (Å²) in [5, 5.41) is 6.03. The van der Waals surface area contributed by atoms with Crippen molar-refractivity contribution in [2.24, 2.45) is 0 Å². The van der Waals surface area contributed by atoms with Gasteiger partial charge in [0.2, 0.25) is 5.91 Å². The number of fused-ring (bicyclic) bond motifs is 1. The van der Waals surface area contributed by atoms with Crippen LogP contribution in [0.4, 0.5) is 0 Å². The lowest BCUT2D eigenvalue weighted by Gasteiger charge is -2.44. The van der Waals surface area contributed by atoms with E-state index in [0.29, 0.717) is 5.75 Å². The van der Waals surface area contributed by atoms with Crippen LogP contribution in [0.1, 0.15) is 72.0 Å². The number of hydrogen-bond acceptors (Lipinski definition) is 5. The van der Waals surface area contributed by atoms with E-state index in [-0.39, 0.29) is 54.3 Å². The minimum absolute atomic E-state index is 0.0103. The van der Waals surface area contributed by atoms with Crippen molar-refractivity contribution in [2.75, 3.05) is 7.11 Å². The van der Waals surface area contributed by atoms with Gasteiger partial charge in [-0.1, -0.05) is 31.0 Å². The third-order valence-electron chi connectivity index (χ3n) is 7.21. The molecule has 1 aromatic heterocycles. The van der Waals surface area contributed by atoms with Gasteiger partial charge in [-0.3, -0.25) is 14.4 Å². The summed E-state index contributed by atoms with van der Waals surface area (Å²) in [6.45, 7) is 2.32. The molecule has 9 heteroatoms. The third kappa shape index (κ3) is 3.93. The highest BCUT2D eigenvalue weighted by Crippen LogP contribution is 2.39. The summed E-state index contributed by atoms with van der Waals surface area (Å²) in [4.78, 5) is 46.1. The number of carbonyl (C=O) groups excluding carboxylic acids is 3. The number of hydrogen-bond donors (Lipinski definition) is 2. The average molecular weight is 466 g/mol. The van der Waals surface area contributed by atoms with Crippen molar-refractivity contribution < 1.29 is 19.1 Å². The molecule has 34 heavy (non-hydrogen) atoms. The molecule has 1 atom stereocenters. The van der Waals surface area contributed by atoms with Gasteiger partial charge in [0, 0.05) is 24.2 Å². The molecule has 2 aromatic rings. The summed E-state index contributed by atoms with van der Waals surface area (Å²) in [5.41, 5.74) is 0.195. The second kappa shape index (κ2) is 8.77. The zero-order valence-electron chi connectivity index (χ0n) is 19.7. The largest absolute Gasteiger partial charge is 0.496 e. The lowest BCUT2D eigenvalue weighted by Crippen LogP contribution is -2.64. The minimum Gasteiger partial charge on any atom is -0.496 e. The fourth-order valence-electron chi connectivity index (χ4n) is 5.26. The first kappa shape index (κ1) is 22.4. The van der Waals surface area contributed by atoms with Crippen molar-refractivity contribution in [3.8, 4) is 5.75 Å². The SMILES string of the molecule is COc1ccccc1CNC(=O)[C@]1(C)Cn2cnc(C(=O)NC3CCCC3)c2C(=O)N1C1CC1. The molecule has 0 radical (unpaired) electrons. The molecule has 1 aromatic carbocycles. The molecule has 0 saturated heterocycles. The molecule has 3 amide bonds. The number of para-hydroxylation sites is 1. The summed E-state index contributed by atoms with van der Waals surface area (Å²) >= 11 is 0. The predicted octanol–water partition coefficient (Wildman–Crippen LogP) is 2.26. The Morgan fingerprint density at radius 1 is 1.18 bits per heavy atom. The zero-order valence-corrected chi connectivity index (χ0v) is 19.7. The van der Waals surface area contributed by atoms with Gasteiger partial charge in [-0.2, -0.15) is 0 Å². The van der Waals surface area contributed by atoms with Gasteiger partial charge in [-0.05, 0) is 38.7 Å². The van der Waals surface area contributed by atoms with Crippen LogP contribution in [0.2, 0.25) is 0 Å². The molecule has 9 nitrogen and oxygen atoms in total. The highest BCUT2D eigenvalue weighted by molar-refractivity contribution is 6.07. The van der Waals surface area contributed by atoms with Crippen LogP contribution in [0, 0.1) is 0 Å². The number of imidazole rings is 1. The van der Waals surface area contributed by atoms with E-state index in [4.69, 9.17) is 4.74 Å². The van der Waals surface area contributed by atoms with Crippen LogP contribution in [0.15, 0.2) is 30.6 Å². The highest BCUT2D eigenvalue weighted by Gasteiger charge is 2.53. The van der Waals surface area contributed by atoms with E-state index in [1.165, 1.54) is 6.33 Å². The van der Waals surface area contributed by atoms with Crippen LogP contribution in [-0.2, 0) is 17.9 Å². The number of rotatable bonds is 7. The van der Waals surface area contributed by atoms with Crippen molar-refractivity contribution in [3.05, 3.63) is 47.5 Å². The monoisotopic (exact) mass is 465 g/mol. The standard InChI is InChI=1S/C25H31N5O4/c1-25(24(33)26-13-16-7-3-6-10-19(16)34-2)14-29-15-27-20(22(31)28-17-8-4-5-9-17)21(29)23(32)30(25)18-11-12-18/h3,6-7,10,15,17-18H,4-5,8-9,11-14H2,1-2H3,(H,26,33)(H,28,31)/t25-/m0/s1. The summed E-state index contributed by atoms with van der Waals surface area (Å²) < 4.78 is 7.05. The van der Waals surface area contributed by atoms with Gasteiger partial charge in [-0.25, -0.2) is 4.98 Å². The Morgan fingerprint density at radius 3 is 2.62 bits per heavy atom. The molecule has 2 aliphatic carbocycles. The van der Waals surface area contributed by atoms with E-state index in [0.717, 1.165) is 44.1 Å². The van der Waals surface area contributed by atoms with Crippen molar-refractivity contribution in [1.29, 1.82) is 0 Å². The number of benzene rings is 1. The highest BCUT2D eigenvalue weighted by atomic mass is 16.5. The molecule has 0 spiro atoms. The molecular weight excluding hydrogens is 434 g/mol.